The maximum Gasteiger partial charge on any atom is 0.240 e. The molecule has 0 saturated heterocycles. The molecule has 28 heavy (non-hydrogen) atoms. The first-order chi connectivity index (χ1) is 13.5. The summed E-state index contributed by atoms with van der Waals surface area (Å²) in [5, 5.41) is 4.16. The first-order valence-corrected chi connectivity index (χ1v) is 9.10. The van der Waals surface area contributed by atoms with Crippen LogP contribution >= 0.6 is 0 Å². The third kappa shape index (κ3) is 3.41. The average Bonchev–Trinajstić information content (AvgIpc) is 3.24. The molecular weight excluding hydrogens is 355 g/mol. The molecule has 4 rings (SSSR count). The van der Waals surface area contributed by atoms with Crippen LogP contribution in [0.25, 0.3) is 10.9 Å². The fourth-order valence-corrected chi connectivity index (χ4v) is 3.52. The third-order valence-electron chi connectivity index (χ3n) is 4.94. The van der Waals surface area contributed by atoms with Gasteiger partial charge in [-0.2, -0.15) is 0 Å². The van der Waals surface area contributed by atoms with Gasteiger partial charge in [-0.05, 0) is 42.1 Å². The molecule has 142 valence electrons. The van der Waals surface area contributed by atoms with E-state index in [0.717, 1.165) is 22.2 Å². The lowest BCUT2D eigenvalue weighted by Gasteiger charge is -2.20. The molecule has 0 aliphatic rings. The molecule has 6 heteroatoms. The second-order valence-corrected chi connectivity index (χ2v) is 6.88. The summed E-state index contributed by atoms with van der Waals surface area (Å²) in [5.41, 5.74) is 2.82. The Bertz CT molecular complexity index is 1130. The van der Waals surface area contributed by atoms with Crippen molar-refractivity contribution in [2.45, 2.75) is 19.5 Å². The van der Waals surface area contributed by atoms with Gasteiger partial charge in [0.25, 0.3) is 0 Å². The van der Waals surface area contributed by atoms with Gasteiger partial charge in [-0.3, -0.25) is 4.79 Å². The highest BCUT2D eigenvalue weighted by Crippen LogP contribution is 2.22. The summed E-state index contributed by atoms with van der Waals surface area (Å²) >= 11 is 0. The van der Waals surface area contributed by atoms with Gasteiger partial charge in [-0.25, -0.2) is 9.37 Å². The number of carbonyl (C=O) groups excluding carboxylic acids is 1. The minimum atomic E-state index is -0.463. The summed E-state index contributed by atoms with van der Waals surface area (Å²) in [6, 6.07) is 15.7. The molecule has 0 unspecified atom stereocenters. The molecule has 2 aromatic heterocycles. The number of para-hydroxylation sites is 1. The van der Waals surface area contributed by atoms with Gasteiger partial charge in [0.05, 0.1) is 0 Å². The van der Waals surface area contributed by atoms with Crippen molar-refractivity contribution in [1.29, 1.82) is 0 Å². The Morgan fingerprint density at radius 3 is 2.64 bits per heavy atom. The van der Waals surface area contributed by atoms with Crippen molar-refractivity contribution < 1.29 is 9.18 Å². The van der Waals surface area contributed by atoms with E-state index >= 15 is 0 Å². The number of aryl methyl sites for hydroxylation is 2. The zero-order chi connectivity index (χ0) is 19.7. The molecule has 0 saturated carbocycles. The summed E-state index contributed by atoms with van der Waals surface area (Å²) in [4.78, 5) is 17.3. The van der Waals surface area contributed by atoms with Crippen molar-refractivity contribution in [3.05, 3.63) is 89.9 Å². The Kier molecular flexibility index (Phi) is 4.69. The predicted octanol–water partition coefficient (Wildman–Crippen LogP) is 3.73. The number of nitrogens with zero attached hydrogens (tertiary/aromatic N) is 3. The lowest BCUT2D eigenvalue weighted by atomic mass is 10.1. The number of hydrogen-bond acceptors (Lipinski definition) is 2. The summed E-state index contributed by atoms with van der Waals surface area (Å²) in [5.74, 6) is 0.235. The molecular formula is C22H21FN4O. The molecule has 0 aliphatic carbocycles. The van der Waals surface area contributed by atoms with Crippen molar-refractivity contribution >= 4 is 16.8 Å². The monoisotopic (exact) mass is 376 g/mol. The molecule has 4 aromatic rings. The highest BCUT2D eigenvalue weighted by molar-refractivity contribution is 5.84. The van der Waals surface area contributed by atoms with Crippen molar-refractivity contribution in [2.75, 3.05) is 0 Å². The van der Waals surface area contributed by atoms with Crippen molar-refractivity contribution in [3.63, 3.8) is 0 Å². The molecule has 0 bridgehead atoms. The molecule has 1 amide bonds. The van der Waals surface area contributed by atoms with E-state index in [1.54, 1.807) is 18.3 Å². The molecule has 1 atom stereocenters. The van der Waals surface area contributed by atoms with E-state index in [1.165, 1.54) is 12.1 Å². The third-order valence-corrected chi connectivity index (χ3v) is 4.94. The number of fused-ring (bicyclic) bond motifs is 1. The molecule has 0 radical (unpaired) electrons. The average molecular weight is 376 g/mol. The summed E-state index contributed by atoms with van der Waals surface area (Å²) < 4.78 is 17.2. The number of aromatic nitrogens is 3. The Morgan fingerprint density at radius 1 is 1.18 bits per heavy atom. The van der Waals surface area contributed by atoms with Crippen LogP contribution in [0.2, 0.25) is 0 Å². The van der Waals surface area contributed by atoms with Crippen LogP contribution in [0, 0.1) is 12.7 Å². The lowest BCUT2D eigenvalue weighted by Crippen LogP contribution is -2.33. The van der Waals surface area contributed by atoms with Gasteiger partial charge in [0.1, 0.15) is 24.2 Å². The molecule has 5 nitrogen and oxygen atoms in total. The van der Waals surface area contributed by atoms with Gasteiger partial charge in [0.15, 0.2) is 0 Å². The van der Waals surface area contributed by atoms with E-state index in [4.69, 9.17) is 0 Å². The van der Waals surface area contributed by atoms with Crippen LogP contribution in [0.4, 0.5) is 4.39 Å². The van der Waals surface area contributed by atoms with Gasteiger partial charge in [0.2, 0.25) is 5.91 Å². The standard InChI is InChI=1S/C22H21FN4O/c1-15-13-17-5-3-4-6-19(17)27(15)14-20(28)25-21(22-24-11-12-26(22)2)16-7-9-18(23)10-8-16/h3-13,21H,14H2,1-2H3,(H,25,28)/t21-/m0/s1. The fraction of sp³-hybridized carbons (Fsp3) is 0.182. The number of amides is 1. The smallest absolute Gasteiger partial charge is 0.240 e. The first kappa shape index (κ1) is 18.0. The van der Waals surface area contributed by atoms with Crippen LogP contribution in [0.15, 0.2) is 67.0 Å². The highest BCUT2D eigenvalue weighted by Gasteiger charge is 2.21. The largest absolute Gasteiger partial charge is 0.341 e. The number of halogens is 1. The first-order valence-electron chi connectivity index (χ1n) is 9.10. The SMILES string of the molecule is Cc1cc2ccccc2n1CC(=O)N[C@@H](c1ccc(F)cc1)c1nccn1C. The number of carbonyl (C=O) groups is 1. The molecule has 2 heterocycles. The van der Waals surface area contributed by atoms with Gasteiger partial charge in [-0.1, -0.05) is 30.3 Å². The van der Waals surface area contributed by atoms with E-state index < -0.39 is 6.04 Å². The molecule has 1 N–H and O–H groups in total. The summed E-state index contributed by atoms with van der Waals surface area (Å²) in [6.45, 7) is 2.19. The minimum absolute atomic E-state index is 0.137. The molecule has 0 aliphatic heterocycles. The van der Waals surface area contributed by atoms with E-state index in [1.807, 2.05) is 53.6 Å². The second kappa shape index (κ2) is 7.31. The van der Waals surface area contributed by atoms with Gasteiger partial charge >= 0.3 is 0 Å². The molecule has 0 spiro atoms. The second-order valence-electron chi connectivity index (χ2n) is 6.88. The van der Waals surface area contributed by atoms with Gasteiger partial charge in [-0.15, -0.1) is 0 Å². The topological polar surface area (TPSA) is 51.9 Å². The lowest BCUT2D eigenvalue weighted by molar-refractivity contribution is -0.122. The predicted molar refractivity (Wildman–Crippen MR) is 106 cm³/mol. The number of nitrogens with one attached hydrogen (secondary N) is 1. The van der Waals surface area contributed by atoms with Crippen LogP contribution in [0.3, 0.4) is 0 Å². The van der Waals surface area contributed by atoms with Crippen molar-refractivity contribution in [1.82, 2.24) is 19.4 Å². The Morgan fingerprint density at radius 2 is 1.93 bits per heavy atom. The quantitative estimate of drug-likeness (QED) is 0.577. The Hall–Kier alpha value is -3.41. The number of rotatable bonds is 5. The number of hydrogen-bond donors (Lipinski definition) is 1. The molecule has 2 aromatic carbocycles. The normalized spacial score (nSPS) is 12.2. The highest BCUT2D eigenvalue weighted by atomic mass is 19.1. The van der Waals surface area contributed by atoms with Crippen LogP contribution < -0.4 is 5.32 Å². The Balaban J connectivity index is 1.63. The fourth-order valence-electron chi connectivity index (χ4n) is 3.52. The van der Waals surface area contributed by atoms with Crippen LogP contribution in [0.1, 0.15) is 23.1 Å². The Labute approximate surface area is 162 Å². The van der Waals surface area contributed by atoms with Crippen molar-refractivity contribution in [3.8, 4) is 0 Å². The maximum atomic E-state index is 13.4. The van der Waals surface area contributed by atoms with Crippen LogP contribution in [0.5, 0.6) is 0 Å². The van der Waals surface area contributed by atoms with E-state index in [0.29, 0.717) is 5.82 Å². The number of imidazole rings is 1. The van der Waals surface area contributed by atoms with Crippen molar-refractivity contribution in [2.24, 2.45) is 7.05 Å². The summed E-state index contributed by atoms with van der Waals surface area (Å²) in [7, 11) is 1.87. The number of benzene rings is 2. The van der Waals surface area contributed by atoms with E-state index in [9.17, 15) is 9.18 Å². The van der Waals surface area contributed by atoms with Gasteiger partial charge < -0.3 is 14.5 Å². The van der Waals surface area contributed by atoms with Crippen LogP contribution in [-0.2, 0) is 18.4 Å². The zero-order valence-corrected chi connectivity index (χ0v) is 15.8. The van der Waals surface area contributed by atoms with E-state index in [2.05, 4.69) is 16.4 Å². The van der Waals surface area contributed by atoms with E-state index in [-0.39, 0.29) is 18.3 Å². The maximum absolute atomic E-state index is 13.4. The minimum Gasteiger partial charge on any atom is -0.341 e. The zero-order valence-electron chi connectivity index (χ0n) is 15.8. The van der Waals surface area contributed by atoms with Gasteiger partial charge in [0, 0.05) is 30.7 Å². The summed E-state index contributed by atoms with van der Waals surface area (Å²) in [6.07, 6.45) is 3.50. The van der Waals surface area contributed by atoms with Crippen LogP contribution in [-0.4, -0.2) is 20.0 Å². The molecule has 0 fully saturated rings.